The fourth-order valence-corrected chi connectivity index (χ4v) is 5.03. The fraction of sp³-hybridized carbons (Fsp3) is 0.219. The van der Waals surface area contributed by atoms with E-state index in [-0.39, 0.29) is 12.2 Å². The van der Waals surface area contributed by atoms with Crippen molar-refractivity contribution in [1.82, 2.24) is 20.3 Å². The number of anilines is 2. The van der Waals surface area contributed by atoms with Crippen LogP contribution in [-0.4, -0.2) is 50.8 Å². The van der Waals surface area contributed by atoms with Crippen LogP contribution in [0.3, 0.4) is 0 Å². The number of imidazole rings is 1. The van der Waals surface area contributed by atoms with Gasteiger partial charge >= 0.3 is 0 Å². The second-order valence-electron chi connectivity index (χ2n) is 9.87. The van der Waals surface area contributed by atoms with Crippen LogP contribution < -0.4 is 21.1 Å². The Hall–Kier alpha value is -4.77. The van der Waals surface area contributed by atoms with Crippen LogP contribution in [-0.2, 0) is 13.0 Å². The molecule has 0 unspecified atom stereocenters. The van der Waals surface area contributed by atoms with Crippen molar-refractivity contribution in [3.8, 4) is 17.1 Å². The average molecular weight is 567 g/mol. The zero-order valence-corrected chi connectivity index (χ0v) is 23.5. The quantitative estimate of drug-likeness (QED) is 0.131. The molecule has 1 amide bonds. The average Bonchev–Trinajstić information content (AvgIpc) is 3.47. The third-order valence-corrected chi connectivity index (χ3v) is 7.31. The number of benzene rings is 3. The van der Waals surface area contributed by atoms with Crippen molar-refractivity contribution in [2.45, 2.75) is 32.0 Å². The minimum atomic E-state index is -0.869. The molecule has 0 saturated carbocycles. The van der Waals surface area contributed by atoms with Crippen LogP contribution in [0, 0.1) is 0 Å². The van der Waals surface area contributed by atoms with Gasteiger partial charge in [0, 0.05) is 24.0 Å². The number of hydrogen-bond acceptors (Lipinski definition) is 8. The number of aromatic nitrogens is 3. The number of H-pyrrole nitrogens is 1. The zero-order valence-electron chi connectivity index (χ0n) is 23.5. The topological polar surface area (TPSA) is 158 Å². The summed E-state index contributed by atoms with van der Waals surface area (Å²) in [6.07, 6.45) is 1.25. The van der Waals surface area contributed by atoms with Gasteiger partial charge in [-0.15, -0.1) is 0 Å². The molecule has 2 aromatic heterocycles. The first-order valence-corrected chi connectivity index (χ1v) is 13.7. The highest BCUT2D eigenvalue weighted by molar-refractivity contribution is 6.06. The van der Waals surface area contributed by atoms with E-state index in [1.807, 2.05) is 79.7 Å². The van der Waals surface area contributed by atoms with Gasteiger partial charge in [-0.3, -0.25) is 4.79 Å². The van der Waals surface area contributed by atoms with Gasteiger partial charge in [0.25, 0.3) is 5.91 Å². The standard InChI is InChI=1S/C32H34N6O4/c1-3-23-21(16-34-26(18-39)29(40)19-8-5-4-6-9-19)10-7-11-25(23)36-27-24(30(33)41)17-35-32-28(27)37-31(38-32)20-12-14-22(42-2)15-13-20/h4-15,17,26,29,34,39-40H,3,16,18H2,1-2H3,(H2,33,41)(H2,35,36,37,38)/t26-,29-/m1/s1. The molecule has 7 N–H and O–H groups in total. The van der Waals surface area contributed by atoms with E-state index in [1.165, 1.54) is 6.20 Å². The van der Waals surface area contributed by atoms with Crippen molar-refractivity contribution in [2.75, 3.05) is 19.0 Å². The lowest BCUT2D eigenvalue weighted by Crippen LogP contribution is -2.37. The molecule has 0 radical (unpaired) electrons. The zero-order chi connectivity index (χ0) is 29.6. The molecule has 10 heteroatoms. The number of carbonyl (C=O) groups excluding carboxylic acids is 1. The Bertz CT molecular complexity index is 1670. The number of nitrogens with two attached hydrogens (primary N) is 1. The molecule has 5 aromatic rings. The van der Waals surface area contributed by atoms with Crippen LogP contribution in [0.4, 0.5) is 11.4 Å². The summed E-state index contributed by atoms with van der Waals surface area (Å²) in [5.74, 6) is 0.697. The predicted molar refractivity (Wildman–Crippen MR) is 163 cm³/mol. The van der Waals surface area contributed by atoms with Crippen molar-refractivity contribution >= 4 is 28.4 Å². The molecule has 3 aromatic carbocycles. The summed E-state index contributed by atoms with van der Waals surface area (Å²) in [7, 11) is 1.61. The van der Waals surface area contributed by atoms with Crippen molar-refractivity contribution in [3.63, 3.8) is 0 Å². The van der Waals surface area contributed by atoms with Crippen LogP contribution in [0.5, 0.6) is 5.75 Å². The molecule has 0 aliphatic heterocycles. The second-order valence-corrected chi connectivity index (χ2v) is 9.87. The van der Waals surface area contributed by atoms with Gasteiger partial charge in [-0.1, -0.05) is 49.4 Å². The van der Waals surface area contributed by atoms with Crippen molar-refractivity contribution in [2.24, 2.45) is 5.73 Å². The highest BCUT2D eigenvalue weighted by Crippen LogP contribution is 2.33. The Morgan fingerprint density at radius 2 is 1.83 bits per heavy atom. The van der Waals surface area contributed by atoms with Gasteiger partial charge in [0.1, 0.15) is 17.1 Å². The molecule has 2 heterocycles. The monoisotopic (exact) mass is 566 g/mol. The maximum absolute atomic E-state index is 12.5. The van der Waals surface area contributed by atoms with Gasteiger partial charge in [0.15, 0.2) is 5.65 Å². The van der Waals surface area contributed by atoms with Gasteiger partial charge in [-0.05, 0) is 53.4 Å². The number of pyridine rings is 1. The number of aliphatic hydroxyl groups is 2. The number of nitrogens with one attached hydrogen (secondary N) is 3. The normalized spacial score (nSPS) is 12.7. The van der Waals surface area contributed by atoms with E-state index in [4.69, 9.17) is 10.5 Å². The van der Waals surface area contributed by atoms with E-state index in [2.05, 4.69) is 25.6 Å². The first kappa shape index (κ1) is 28.7. The molecular weight excluding hydrogens is 532 g/mol. The smallest absolute Gasteiger partial charge is 0.252 e. The SMILES string of the molecule is CCc1c(CN[C@H](CO)[C@H](O)c2ccccc2)cccc1Nc1c(C(N)=O)cnc2nc(-c3ccc(OC)cc3)[nH]c12. The summed E-state index contributed by atoms with van der Waals surface area (Å²) in [6.45, 7) is 2.22. The highest BCUT2D eigenvalue weighted by atomic mass is 16.5. The van der Waals surface area contributed by atoms with Crippen LogP contribution in [0.25, 0.3) is 22.6 Å². The lowest BCUT2D eigenvalue weighted by atomic mass is 10.00. The number of primary amides is 1. The molecule has 0 bridgehead atoms. The number of carbonyl (C=O) groups is 1. The number of ether oxygens (including phenoxy) is 1. The van der Waals surface area contributed by atoms with Crippen molar-refractivity contribution < 1.29 is 19.7 Å². The Morgan fingerprint density at radius 1 is 1.07 bits per heavy atom. The molecule has 42 heavy (non-hydrogen) atoms. The number of hydrogen-bond donors (Lipinski definition) is 6. The maximum atomic E-state index is 12.5. The van der Waals surface area contributed by atoms with E-state index in [1.54, 1.807) is 7.11 Å². The number of rotatable bonds is 12. The Balaban J connectivity index is 1.46. The van der Waals surface area contributed by atoms with Crippen LogP contribution in [0.1, 0.15) is 40.1 Å². The summed E-state index contributed by atoms with van der Waals surface area (Å²) in [6, 6.07) is 22.0. The lowest BCUT2D eigenvalue weighted by Gasteiger charge is -2.24. The van der Waals surface area contributed by atoms with E-state index in [0.29, 0.717) is 35.6 Å². The van der Waals surface area contributed by atoms with E-state index < -0.39 is 18.1 Å². The van der Waals surface area contributed by atoms with Crippen molar-refractivity contribution in [1.29, 1.82) is 0 Å². The molecule has 0 aliphatic rings. The second kappa shape index (κ2) is 12.8. The number of nitrogens with zero attached hydrogens (tertiary/aromatic N) is 2. The molecule has 0 spiro atoms. The predicted octanol–water partition coefficient (Wildman–Crippen LogP) is 4.22. The van der Waals surface area contributed by atoms with E-state index in [9.17, 15) is 15.0 Å². The number of aromatic amines is 1. The van der Waals surface area contributed by atoms with Gasteiger partial charge in [-0.25, -0.2) is 9.97 Å². The Labute approximate surface area is 243 Å². The number of amides is 1. The molecule has 0 fully saturated rings. The third kappa shape index (κ3) is 5.96. The molecular formula is C32H34N6O4. The molecule has 0 aliphatic carbocycles. The maximum Gasteiger partial charge on any atom is 0.252 e. The van der Waals surface area contributed by atoms with Gasteiger partial charge in [0.05, 0.1) is 37.1 Å². The summed E-state index contributed by atoms with van der Waals surface area (Å²) in [5, 5.41) is 27.6. The van der Waals surface area contributed by atoms with Crippen molar-refractivity contribution in [3.05, 3.63) is 101 Å². The molecule has 0 saturated heterocycles. The van der Waals surface area contributed by atoms with Gasteiger partial charge in [0.2, 0.25) is 0 Å². The molecule has 2 atom stereocenters. The lowest BCUT2D eigenvalue weighted by molar-refractivity contribution is 0.0891. The Kier molecular flexibility index (Phi) is 8.77. The van der Waals surface area contributed by atoms with Gasteiger partial charge < -0.3 is 36.3 Å². The van der Waals surface area contributed by atoms with Crippen LogP contribution in [0.2, 0.25) is 0 Å². The minimum Gasteiger partial charge on any atom is -0.497 e. The number of methoxy groups -OCH3 is 1. The first-order valence-electron chi connectivity index (χ1n) is 13.7. The molecule has 5 rings (SSSR count). The number of fused-ring (bicyclic) bond motifs is 1. The van der Waals surface area contributed by atoms with Gasteiger partial charge in [-0.2, -0.15) is 0 Å². The minimum absolute atomic E-state index is 0.226. The summed E-state index contributed by atoms with van der Waals surface area (Å²) in [5.41, 5.74) is 11.8. The summed E-state index contributed by atoms with van der Waals surface area (Å²) < 4.78 is 5.26. The Morgan fingerprint density at radius 3 is 2.50 bits per heavy atom. The van der Waals surface area contributed by atoms with E-state index >= 15 is 0 Å². The first-order chi connectivity index (χ1) is 20.4. The highest BCUT2D eigenvalue weighted by Gasteiger charge is 2.22. The van der Waals surface area contributed by atoms with Crippen LogP contribution >= 0.6 is 0 Å². The van der Waals surface area contributed by atoms with E-state index in [0.717, 1.165) is 33.7 Å². The largest absolute Gasteiger partial charge is 0.497 e. The fourth-order valence-electron chi connectivity index (χ4n) is 5.03. The third-order valence-electron chi connectivity index (χ3n) is 7.31. The summed E-state index contributed by atoms with van der Waals surface area (Å²) in [4.78, 5) is 24.8. The molecule has 10 nitrogen and oxygen atoms in total. The summed E-state index contributed by atoms with van der Waals surface area (Å²) >= 11 is 0. The number of aliphatic hydroxyl groups excluding tert-OH is 2. The molecule has 216 valence electrons. The van der Waals surface area contributed by atoms with Crippen LogP contribution in [0.15, 0.2) is 79.0 Å².